The molecule has 3 fully saturated rings. The summed E-state index contributed by atoms with van der Waals surface area (Å²) in [5, 5.41) is 8.47. The summed E-state index contributed by atoms with van der Waals surface area (Å²) in [5.41, 5.74) is 0. The summed E-state index contributed by atoms with van der Waals surface area (Å²) < 4.78 is 12.5. The van der Waals surface area contributed by atoms with Crippen LogP contribution in [-0.2, 0) is 43.0 Å². The summed E-state index contributed by atoms with van der Waals surface area (Å²) in [6, 6.07) is 0. The van der Waals surface area contributed by atoms with Gasteiger partial charge in [-0.2, -0.15) is 0 Å². The number of rotatable bonds is 0. The number of ether oxygens (including phenoxy) is 3. The number of aliphatic hydroxyl groups excluding tert-OH is 1. The average molecular weight is 368 g/mol. The number of allylic oxidation sites excluding steroid dienone is 1. The van der Waals surface area contributed by atoms with Gasteiger partial charge in [-0.1, -0.05) is 12.2 Å². The zero-order valence-electron chi connectivity index (χ0n) is 13.5. The van der Waals surface area contributed by atoms with Crippen molar-refractivity contribution in [2.24, 2.45) is 11.8 Å². The van der Waals surface area contributed by atoms with Gasteiger partial charge in [0.2, 0.25) is 0 Å². The minimum atomic E-state index is -1.22. The first kappa shape index (κ1) is 19.4. The summed E-state index contributed by atoms with van der Waals surface area (Å²) in [6.07, 6.45) is 4.45. The number of carbonyl (C=O) groups excluding carboxylic acids is 6. The number of cyclic esters (lactones) is 6. The van der Waals surface area contributed by atoms with Crippen LogP contribution in [0.15, 0.2) is 12.2 Å². The van der Waals surface area contributed by atoms with Crippen molar-refractivity contribution in [3.05, 3.63) is 12.2 Å². The molecule has 0 bridgehead atoms. The van der Waals surface area contributed by atoms with Crippen molar-refractivity contribution in [3.63, 3.8) is 0 Å². The average Bonchev–Trinajstić information content (AvgIpc) is 3.20. The molecule has 1 aliphatic carbocycles. The Morgan fingerprint density at radius 3 is 1.85 bits per heavy atom. The van der Waals surface area contributed by atoms with Gasteiger partial charge in [0, 0.05) is 0 Å². The van der Waals surface area contributed by atoms with Crippen LogP contribution in [0.25, 0.3) is 0 Å². The van der Waals surface area contributed by atoms with E-state index in [1.54, 1.807) is 6.08 Å². The molecule has 3 aliphatic heterocycles. The lowest BCUT2D eigenvalue weighted by molar-refractivity contribution is -0.155. The van der Waals surface area contributed by atoms with Crippen molar-refractivity contribution in [1.82, 2.24) is 0 Å². The zero-order chi connectivity index (χ0) is 19.3. The zero-order valence-corrected chi connectivity index (χ0v) is 13.5. The van der Waals surface area contributed by atoms with Crippen LogP contribution in [0.1, 0.15) is 32.1 Å². The first-order valence-electron chi connectivity index (χ1n) is 7.86. The number of esters is 6. The molecule has 3 unspecified atom stereocenters. The maximum atomic E-state index is 10.9. The van der Waals surface area contributed by atoms with E-state index < -0.39 is 30.0 Å². The second-order valence-electron chi connectivity index (χ2n) is 5.74. The van der Waals surface area contributed by atoms with Crippen molar-refractivity contribution in [3.8, 4) is 0 Å². The molecule has 0 saturated carbocycles. The SMILES string of the molecule is O=C1CC(O)C(=O)O1.O=C1CCC(=O)O1.O=C1OC(=O)C2CCC=CC12. The van der Waals surface area contributed by atoms with E-state index in [1.165, 1.54) is 0 Å². The first-order valence-corrected chi connectivity index (χ1v) is 7.86. The molecular weight excluding hydrogens is 352 g/mol. The summed E-state index contributed by atoms with van der Waals surface area (Å²) >= 11 is 0. The second-order valence-corrected chi connectivity index (χ2v) is 5.74. The number of aliphatic hydroxyl groups is 1. The van der Waals surface area contributed by atoms with Crippen molar-refractivity contribution in [2.45, 2.75) is 38.2 Å². The molecule has 26 heavy (non-hydrogen) atoms. The predicted molar refractivity (Wildman–Crippen MR) is 78.5 cm³/mol. The summed E-state index contributed by atoms with van der Waals surface area (Å²) in [5.74, 6) is -3.48. The van der Waals surface area contributed by atoms with E-state index in [0.717, 1.165) is 12.8 Å². The molecule has 0 radical (unpaired) electrons. The van der Waals surface area contributed by atoms with E-state index in [-0.39, 0.29) is 43.0 Å². The molecule has 4 aliphatic rings. The predicted octanol–water partition coefficient (Wildman–Crippen LogP) is -0.677. The highest BCUT2D eigenvalue weighted by Crippen LogP contribution is 2.32. The number of hydrogen-bond acceptors (Lipinski definition) is 10. The first-order chi connectivity index (χ1) is 12.3. The Labute approximate surface area is 147 Å². The monoisotopic (exact) mass is 368 g/mol. The van der Waals surface area contributed by atoms with Crippen molar-refractivity contribution in [2.75, 3.05) is 0 Å². The Balaban J connectivity index is 0.000000145. The highest BCUT2D eigenvalue weighted by atomic mass is 16.6. The molecule has 4 rings (SSSR count). The molecule has 0 amide bonds. The lowest BCUT2D eigenvalue weighted by Crippen LogP contribution is -2.17. The smallest absolute Gasteiger partial charge is 0.343 e. The molecule has 3 saturated heterocycles. The summed E-state index contributed by atoms with van der Waals surface area (Å²) in [7, 11) is 0. The van der Waals surface area contributed by atoms with Gasteiger partial charge in [-0.05, 0) is 12.8 Å². The molecule has 3 atom stereocenters. The van der Waals surface area contributed by atoms with Crippen LogP contribution in [0, 0.1) is 11.8 Å². The van der Waals surface area contributed by atoms with E-state index in [9.17, 15) is 28.8 Å². The molecule has 0 spiro atoms. The van der Waals surface area contributed by atoms with Crippen molar-refractivity contribution < 1.29 is 48.1 Å². The molecule has 0 aromatic heterocycles. The van der Waals surface area contributed by atoms with Gasteiger partial charge in [0.05, 0.1) is 31.1 Å². The Kier molecular flexibility index (Phi) is 6.34. The van der Waals surface area contributed by atoms with Crippen LogP contribution in [-0.4, -0.2) is 47.0 Å². The van der Waals surface area contributed by atoms with E-state index in [1.807, 2.05) is 6.08 Å². The van der Waals surface area contributed by atoms with Crippen LogP contribution < -0.4 is 0 Å². The molecule has 0 aromatic rings. The number of hydrogen-bond donors (Lipinski definition) is 1. The van der Waals surface area contributed by atoms with Gasteiger partial charge in [0.25, 0.3) is 0 Å². The molecule has 140 valence electrons. The highest BCUT2D eigenvalue weighted by Gasteiger charge is 2.43. The van der Waals surface area contributed by atoms with Gasteiger partial charge in [-0.3, -0.25) is 24.0 Å². The number of carbonyl (C=O) groups is 6. The third-order valence-electron chi connectivity index (χ3n) is 3.80. The van der Waals surface area contributed by atoms with Gasteiger partial charge in [0.1, 0.15) is 0 Å². The Hall–Kier alpha value is -2.88. The minimum absolute atomic E-state index is 0.188. The van der Waals surface area contributed by atoms with E-state index in [2.05, 4.69) is 14.2 Å². The van der Waals surface area contributed by atoms with Crippen LogP contribution in [0.5, 0.6) is 0 Å². The fourth-order valence-electron chi connectivity index (χ4n) is 2.48. The lowest BCUT2D eigenvalue weighted by Gasteiger charge is -2.12. The van der Waals surface area contributed by atoms with Gasteiger partial charge in [-0.25, -0.2) is 4.79 Å². The quantitative estimate of drug-likeness (QED) is 0.252. The molecule has 3 heterocycles. The van der Waals surface area contributed by atoms with Gasteiger partial charge in [0.15, 0.2) is 6.10 Å². The second kappa shape index (κ2) is 8.48. The number of fused-ring (bicyclic) bond motifs is 1. The van der Waals surface area contributed by atoms with Gasteiger partial charge >= 0.3 is 35.8 Å². The van der Waals surface area contributed by atoms with Crippen molar-refractivity contribution >= 4 is 35.8 Å². The Morgan fingerprint density at radius 1 is 0.808 bits per heavy atom. The Morgan fingerprint density at radius 2 is 1.46 bits per heavy atom. The molecule has 10 nitrogen and oxygen atoms in total. The van der Waals surface area contributed by atoms with E-state index >= 15 is 0 Å². The van der Waals surface area contributed by atoms with Crippen LogP contribution in [0.2, 0.25) is 0 Å². The Bertz CT molecular complexity index is 663. The molecule has 0 aromatic carbocycles. The standard InChI is InChI=1S/C8H8O3.C4H4O4.C4H4O3/c9-7-5-3-1-2-4-6(5)8(10)11-7;5-2-1-3(6)8-4(2)7;5-3-1-2-4(6)7-3/h1,3,5-6H,2,4H2;2,5H,1H2;1-2H2. The van der Waals surface area contributed by atoms with Gasteiger partial charge < -0.3 is 19.3 Å². The minimum Gasteiger partial charge on any atom is -0.393 e. The van der Waals surface area contributed by atoms with Crippen molar-refractivity contribution in [1.29, 1.82) is 0 Å². The fourth-order valence-corrected chi connectivity index (χ4v) is 2.48. The molecule has 10 heteroatoms. The van der Waals surface area contributed by atoms with Crippen LogP contribution in [0.3, 0.4) is 0 Å². The topological polar surface area (TPSA) is 150 Å². The normalized spacial score (nSPS) is 29.0. The highest BCUT2D eigenvalue weighted by molar-refractivity contribution is 5.97. The van der Waals surface area contributed by atoms with E-state index in [4.69, 9.17) is 5.11 Å². The lowest BCUT2D eigenvalue weighted by atomic mass is 9.86. The fraction of sp³-hybridized carbons (Fsp3) is 0.500. The van der Waals surface area contributed by atoms with Crippen LogP contribution >= 0.6 is 0 Å². The molecule has 1 N–H and O–H groups in total. The summed E-state index contributed by atoms with van der Waals surface area (Å²) in [6.45, 7) is 0. The third kappa shape index (κ3) is 5.06. The van der Waals surface area contributed by atoms with Gasteiger partial charge in [-0.15, -0.1) is 0 Å². The third-order valence-corrected chi connectivity index (χ3v) is 3.80. The summed E-state index contributed by atoms with van der Waals surface area (Å²) in [4.78, 5) is 62.0. The maximum Gasteiger partial charge on any atom is 0.343 e. The molecular formula is C16H16O10. The van der Waals surface area contributed by atoms with Crippen LogP contribution in [0.4, 0.5) is 0 Å². The maximum absolute atomic E-state index is 10.9. The van der Waals surface area contributed by atoms with E-state index in [0.29, 0.717) is 0 Å². The largest absolute Gasteiger partial charge is 0.393 e.